The summed E-state index contributed by atoms with van der Waals surface area (Å²) < 4.78 is 0. The zero-order chi connectivity index (χ0) is 16.2. The van der Waals surface area contributed by atoms with Crippen molar-refractivity contribution >= 4 is 34.5 Å². The van der Waals surface area contributed by atoms with Crippen LogP contribution in [0.4, 0.5) is 5.13 Å². The maximum atomic E-state index is 12.0. The van der Waals surface area contributed by atoms with Crippen LogP contribution in [0.15, 0.2) is 24.8 Å². The Balaban J connectivity index is 3.11. The number of hydrogen-bond donors (Lipinski definition) is 1. The zero-order valence-electron chi connectivity index (χ0n) is 13.5. The van der Waals surface area contributed by atoms with Crippen LogP contribution in [0.2, 0.25) is 0 Å². The molecule has 0 saturated heterocycles. The summed E-state index contributed by atoms with van der Waals surface area (Å²) in [6.07, 6.45) is 5.61. The van der Waals surface area contributed by atoms with E-state index in [-0.39, 0.29) is 5.91 Å². The van der Waals surface area contributed by atoms with Gasteiger partial charge >= 0.3 is 0 Å². The Labute approximate surface area is 131 Å². The summed E-state index contributed by atoms with van der Waals surface area (Å²) in [5.41, 5.74) is 1.47. The second kappa shape index (κ2) is 6.85. The molecule has 21 heavy (non-hydrogen) atoms. The quantitative estimate of drug-likeness (QED) is 0.778. The molecule has 0 radical (unpaired) electrons. The van der Waals surface area contributed by atoms with E-state index in [9.17, 15) is 4.79 Å². The number of amides is 1. The molecule has 3 nitrogen and oxygen atoms in total. The maximum absolute atomic E-state index is 12.0. The third kappa shape index (κ3) is 4.67. The Bertz CT molecular complexity index is 574. The molecule has 0 saturated carbocycles. The smallest absolute Gasteiger partial charge is 0.231 e. The number of thiazole rings is 1. The van der Waals surface area contributed by atoms with E-state index in [1.807, 2.05) is 26.8 Å². The maximum Gasteiger partial charge on any atom is 0.231 e. The number of rotatable bonds is 5. The fourth-order valence-electron chi connectivity index (χ4n) is 1.54. The molecule has 0 atom stereocenters. The molecule has 0 spiro atoms. The fraction of sp³-hybridized carbons (Fsp3) is 0.412. The number of anilines is 1. The van der Waals surface area contributed by atoms with Crippen molar-refractivity contribution in [3.63, 3.8) is 0 Å². The van der Waals surface area contributed by atoms with Crippen LogP contribution in [-0.4, -0.2) is 10.9 Å². The van der Waals surface area contributed by atoms with Crippen molar-refractivity contribution in [1.82, 2.24) is 4.98 Å². The number of aromatic nitrogens is 1. The van der Waals surface area contributed by atoms with Gasteiger partial charge in [0.1, 0.15) is 0 Å². The summed E-state index contributed by atoms with van der Waals surface area (Å²) in [5, 5.41) is 3.46. The lowest BCUT2D eigenvalue weighted by molar-refractivity contribution is -0.123. The van der Waals surface area contributed by atoms with Gasteiger partial charge in [-0.25, -0.2) is 4.98 Å². The highest BCUT2D eigenvalue weighted by Gasteiger charge is 2.22. The van der Waals surface area contributed by atoms with Crippen molar-refractivity contribution < 1.29 is 4.79 Å². The molecule has 1 rings (SSSR count). The molecule has 1 N–H and O–H groups in total. The molecule has 0 unspecified atom stereocenters. The number of carbonyl (C=O) groups is 1. The molecule has 1 aromatic rings. The molecule has 114 valence electrons. The van der Waals surface area contributed by atoms with E-state index < -0.39 is 5.41 Å². The van der Waals surface area contributed by atoms with Crippen molar-refractivity contribution in [2.45, 2.75) is 34.6 Å². The summed E-state index contributed by atoms with van der Waals surface area (Å²) in [6, 6.07) is 0. The lowest BCUT2D eigenvalue weighted by atomic mass is 9.96. The van der Waals surface area contributed by atoms with Crippen LogP contribution in [0.1, 0.15) is 45.2 Å². The largest absolute Gasteiger partial charge is 0.301 e. The van der Waals surface area contributed by atoms with E-state index in [0.717, 1.165) is 16.1 Å². The van der Waals surface area contributed by atoms with Crippen LogP contribution in [-0.2, 0) is 4.79 Å². The Morgan fingerprint density at radius 3 is 2.38 bits per heavy atom. The summed E-state index contributed by atoms with van der Waals surface area (Å²) in [7, 11) is 0. The number of allylic oxidation sites excluding steroid dienone is 2. The predicted molar refractivity (Wildman–Crippen MR) is 93.3 cm³/mol. The highest BCUT2D eigenvalue weighted by Crippen LogP contribution is 2.29. The first-order chi connectivity index (χ1) is 9.68. The Morgan fingerprint density at radius 1 is 1.33 bits per heavy atom. The fourth-order valence-corrected chi connectivity index (χ4v) is 2.47. The van der Waals surface area contributed by atoms with Gasteiger partial charge in [0.2, 0.25) is 5.91 Å². The number of nitrogens with one attached hydrogen (secondary N) is 1. The van der Waals surface area contributed by atoms with E-state index in [4.69, 9.17) is 0 Å². The summed E-state index contributed by atoms with van der Waals surface area (Å²) in [6.45, 7) is 17.5. The Morgan fingerprint density at radius 2 is 1.95 bits per heavy atom. The predicted octanol–water partition coefficient (Wildman–Crippen LogP) is 5.00. The molecule has 1 heterocycles. The lowest BCUT2D eigenvalue weighted by Crippen LogP contribution is -2.27. The van der Waals surface area contributed by atoms with Gasteiger partial charge in [0.05, 0.1) is 10.6 Å². The minimum atomic E-state index is -0.444. The second-order valence-electron chi connectivity index (χ2n) is 6.18. The van der Waals surface area contributed by atoms with E-state index in [0.29, 0.717) is 11.0 Å². The molecule has 0 aliphatic carbocycles. The highest BCUT2D eigenvalue weighted by atomic mass is 32.1. The summed E-state index contributed by atoms with van der Waals surface area (Å²) in [4.78, 5) is 17.4. The summed E-state index contributed by atoms with van der Waals surface area (Å²) >= 11 is 1.45. The average molecular weight is 304 g/mol. The topological polar surface area (TPSA) is 42.0 Å². The Hall–Kier alpha value is -1.68. The highest BCUT2D eigenvalue weighted by molar-refractivity contribution is 7.16. The van der Waals surface area contributed by atoms with Crippen LogP contribution in [0, 0.1) is 11.3 Å². The number of hydrogen-bond acceptors (Lipinski definition) is 3. The van der Waals surface area contributed by atoms with Crippen molar-refractivity contribution in [2.24, 2.45) is 11.3 Å². The minimum Gasteiger partial charge on any atom is -0.301 e. The normalized spacial score (nSPS) is 12.4. The molecule has 1 amide bonds. The number of carbonyl (C=O) groups excluding carboxylic acids is 1. The minimum absolute atomic E-state index is 0.0461. The number of nitrogens with zero attached hydrogens (tertiary/aromatic N) is 1. The van der Waals surface area contributed by atoms with Crippen molar-refractivity contribution in [3.8, 4) is 0 Å². The molecular weight excluding hydrogens is 280 g/mol. The SMILES string of the molecule is C=C/C(=C\c1sc(NC(=O)C(C)(C)C)nc1C=C)C(C)C. The zero-order valence-corrected chi connectivity index (χ0v) is 14.3. The molecule has 0 aromatic carbocycles. The third-order valence-corrected chi connectivity index (χ3v) is 3.91. The first kappa shape index (κ1) is 17.4. The van der Waals surface area contributed by atoms with Gasteiger partial charge in [0.15, 0.2) is 5.13 Å². The lowest BCUT2D eigenvalue weighted by Gasteiger charge is -2.15. The molecule has 4 heteroatoms. The second-order valence-corrected chi connectivity index (χ2v) is 7.21. The van der Waals surface area contributed by atoms with Gasteiger partial charge < -0.3 is 5.32 Å². The molecule has 0 fully saturated rings. The standard InChI is InChI=1S/C17H24N2OS/c1-8-12(11(3)4)10-14-13(9-2)18-16(21-14)19-15(20)17(5,6)7/h8-11H,1-2H2,3-7H3,(H,18,19,20)/b12-10+. The van der Waals surface area contributed by atoms with Crippen molar-refractivity contribution in [3.05, 3.63) is 35.4 Å². The summed E-state index contributed by atoms with van der Waals surface area (Å²) in [5.74, 6) is 0.338. The van der Waals surface area contributed by atoms with E-state index in [1.165, 1.54) is 11.3 Å². The van der Waals surface area contributed by atoms with Gasteiger partial charge in [0, 0.05) is 5.41 Å². The van der Waals surface area contributed by atoms with Crippen LogP contribution in [0.25, 0.3) is 12.2 Å². The van der Waals surface area contributed by atoms with Gasteiger partial charge in [-0.2, -0.15) is 0 Å². The van der Waals surface area contributed by atoms with Gasteiger partial charge in [-0.05, 0) is 23.6 Å². The van der Waals surface area contributed by atoms with Gasteiger partial charge in [-0.3, -0.25) is 4.79 Å². The van der Waals surface area contributed by atoms with E-state index in [2.05, 4.69) is 43.4 Å². The van der Waals surface area contributed by atoms with Crippen molar-refractivity contribution in [2.75, 3.05) is 5.32 Å². The van der Waals surface area contributed by atoms with Crippen LogP contribution >= 0.6 is 11.3 Å². The van der Waals surface area contributed by atoms with Gasteiger partial charge in [-0.15, -0.1) is 0 Å². The first-order valence-electron chi connectivity index (χ1n) is 6.97. The van der Waals surface area contributed by atoms with E-state index in [1.54, 1.807) is 6.08 Å². The van der Waals surface area contributed by atoms with Crippen LogP contribution in [0.5, 0.6) is 0 Å². The average Bonchev–Trinajstić information content (AvgIpc) is 2.76. The monoisotopic (exact) mass is 304 g/mol. The molecule has 0 aliphatic heterocycles. The first-order valence-corrected chi connectivity index (χ1v) is 7.79. The molecule has 0 bridgehead atoms. The molecule has 1 aromatic heterocycles. The molecule has 0 aliphatic rings. The van der Waals surface area contributed by atoms with Crippen LogP contribution < -0.4 is 5.32 Å². The molecular formula is C17H24N2OS. The third-order valence-electron chi connectivity index (χ3n) is 2.98. The van der Waals surface area contributed by atoms with Crippen LogP contribution in [0.3, 0.4) is 0 Å². The van der Waals surface area contributed by atoms with Gasteiger partial charge in [-0.1, -0.05) is 65.2 Å². The Kier molecular flexibility index (Phi) is 5.67. The van der Waals surface area contributed by atoms with E-state index >= 15 is 0 Å². The van der Waals surface area contributed by atoms with Crippen molar-refractivity contribution in [1.29, 1.82) is 0 Å². The van der Waals surface area contributed by atoms with Gasteiger partial charge in [0.25, 0.3) is 0 Å².